The third-order valence-corrected chi connectivity index (χ3v) is 2.71. The summed E-state index contributed by atoms with van der Waals surface area (Å²) in [7, 11) is 0. The van der Waals surface area contributed by atoms with Gasteiger partial charge in [-0.05, 0) is 13.8 Å². The minimum atomic E-state index is -0.918. The lowest BCUT2D eigenvalue weighted by atomic mass is 10.1. The van der Waals surface area contributed by atoms with Crippen molar-refractivity contribution < 1.29 is 14.4 Å². The molecule has 0 aliphatic heterocycles. The maximum Gasteiger partial charge on any atom is 0.320 e. The van der Waals surface area contributed by atoms with Crippen molar-refractivity contribution in [1.82, 2.24) is 15.5 Å². The SMILES string of the molecule is Cc1ccc(-c2noc(CNC(C)C(=O)O)n2)cc1. The second kappa shape index (κ2) is 5.62. The van der Waals surface area contributed by atoms with Crippen molar-refractivity contribution >= 4 is 5.97 Å². The number of nitrogens with zero attached hydrogens (tertiary/aromatic N) is 2. The number of aromatic nitrogens is 2. The fourth-order valence-electron chi connectivity index (χ4n) is 1.47. The first kappa shape index (κ1) is 13.2. The maximum atomic E-state index is 10.6. The normalized spacial score (nSPS) is 12.3. The molecule has 0 saturated carbocycles. The minimum absolute atomic E-state index is 0.229. The van der Waals surface area contributed by atoms with Crippen LogP contribution in [0.4, 0.5) is 0 Å². The summed E-state index contributed by atoms with van der Waals surface area (Å²) in [6.45, 7) is 3.79. The summed E-state index contributed by atoms with van der Waals surface area (Å²) in [6, 6.07) is 7.11. The second-order valence-electron chi connectivity index (χ2n) is 4.32. The summed E-state index contributed by atoms with van der Waals surface area (Å²) in [6.07, 6.45) is 0. The number of hydrogen-bond acceptors (Lipinski definition) is 5. The van der Waals surface area contributed by atoms with Gasteiger partial charge in [-0.25, -0.2) is 0 Å². The molecule has 6 heteroatoms. The largest absolute Gasteiger partial charge is 0.480 e. The van der Waals surface area contributed by atoms with Gasteiger partial charge in [0.25, 0.3) is 0 Å². The Morgan fingerprint density at radius 3 is 2.74 bits per heavy atom. The van der Waals surface area contributed by atoms with E-state index in [0.29, 0.717) is 11.7 Å². The van der Waals surface area contributed by atoms with Gasteiger partial charge in [0.15, 0.2) is 0 Å². The Morgan fingerprint density at radius 1 is 1.42 bits per heavy atom. The number of carbonyl (C=O) groups is 1. The summed E-state index contributed by atoms with van der Waals surface area (Å²) in [4.78, 5) is 14.9. The van der Waals surface area contributed by atoms with Crippen molar-refractivity contribution in [2.45, 2.75) is 26.4 Å². The molecule has 19 heavy (non-hydrogen) atoms. The molecule has 0 radical (unpaired) electrons. The highest BCUT2D eigenvalue weighted by Gasteiger charge is 2.13. The molecule has 1 aromatic carbocycles. The van der Waals surface area contributed by atoms with E-state index >= 15 is 0 Å². The molecule has 1 atom stereocenters. The van der Waals surface area contributed by atoms with Crippen molar-refractivity contribution in [2.75, 3.05) is 0 Å². The Morgan fingerprint density at radius 2 is 2.11 bits per heavy atom. The van der Waals surface area contributed by atoms with Gasteiger partial charge < -0.3 is 9.63 Å². The molecule has 1 unspecified atom stereocenters. The Kier molecular flexibility index (Phi) is 3.91. The number of carboxylic acids is 1. The molecule has 100 valence electrons. The Balaban J connectivity index is 2.03. The molecular weight excluding hydrogens is 246 g/mol. The van der Waals surface area contributed by atoms with Gasteiger partial charge in [0.1, 0.15) is 6.04 Å². The first-order chi connectivity index (χ1) is 9.06. The van der Waals surface area contributed by atoms with Crippen molar-refractivity contribution in [1.29, 1.82) is 0 Å². The van der Waals surface area contributed by atoms with Crippen LogP contribution in [-0.4, -0.2) is 27.3 Å². The Bertz CT molecular complexity index is 563. The first-order valence-corrected chi connectivity index (χ1v) is 5.92. The van der Waals surface area contributed by atoms with E-state index in [1.54, 1.807) is 6.92 Å². The first-order valence-electron chi connectivity index (χ1n) is 5.92. The Hall–Kier alpha value is -2.21. The predicted octanol–water partition coefficient (Wildman–Crippen LogP) is 1.61. The summed E-state index contributed by atoms with van der Waals surface area (Å²) in [5, 5.41) is 15.4. The zero-order valence-electron chi connectivity index (χ0n) is 10.8. The van der Waals surface area contributed by atoms with Gasteiger partial charge in [-0.15, -0.1) is 0 Å². The van der Waals surface area contributed by atoms with Crippen molar-refractivity contribution in [3.8, 4) is 11.4 Å². The van der Waals surface area contributed by atoms with Gasteiger partial charge in [0.05, 0.1) is 6.54 Å². The number of nitrogens with one attached hydrogen (secondary N) is 1. The highest BCUT2D eigenvalue weighted by atomic mass is 16.5. The van der Waals surface area contributed by atoms with Crippen molar-refractivity contribution in [2.24, 2.45) is 0 Å². The van der Waals surface area contributed by atoms with Gasteiger partial charge in [-0.2, -0.15) is 4.98 Å². The zero-order chi connectivity index (χ0) is 13.8. The highest BCUT2D eigenvalue weighted by Crippen LogP contribution is 2.16. The Labute approximate surface area is 110 Å². The molecule has 0 amide bonds. The standard InChI is InChI=1S/C13H15N3O3/c1-8-3-5-10(6-4-8)12-15-11(19-16-12)7-14-9(2)13(17)18/h3-6,9,14H,7H2,1-2H3,(H,17,18). The topological polar surface area (TPSA) is 88.2 Å². The number of aliphatic carboxylic acids is 1. The summed E-state index contributed by atoms with van der Waals surface area (Å²) in [5.74, 6) is -0.0540. The molecule has 1 heterocycles. The molecule has 1 aromatic heterocycles. The molecule has 0 fully saturated rings. The number of rotatable bonds is 5. The maximum absolute atomic E-state index is 10.6. The quantitative estimate of drug-likeness (QED) is 0.850. The monoisotopic (exact) mass is 261 g/mol. The van der Waals surface area contributed by atoms with Crippen molar-refractivity contribution in [3.05, 3.63) is 35.7 Å². The fourth-order valence-corrected chi connectivity index (χ4v) is 1.47. The number of carboxylic acid groups (broad SMARTS) is 1. The third kappa shape index (κ3) is 3.38. The van der Waals surface area contributed by atoms with Gasteiger partial charge in [-0.3, -0.25) is 10.1 Å². The average Bonchev–Trinajstić information content (AvgIpc) is 2.85. The number of benzene rings is 1. The van der Waals surface area contributed by atoms with Gasteiger partial charge in [0, 0.05) is 5.56 Å². The van der Waals surface area contributed by atoms with Crippen LogP contribution in [0.5, 0.6) is 0 Å². The van der Waals surface area contributed by atoms with Gasteiger partial charge in [-0.1, -0.05) is 35.0 Å². The van der Waals surface area contributed by atoms with E-state index in [4.69, 9.17) is 9.63 Å². The molecule has 6 nitrogen and oxygen atoms in total. The molecule has 0 aliphatic rings. The van der Waals surface area contributed by atoms with E-state index in [1.165, 1.54) is 0 Å². The molecule has 2 rings (SSSR count). The summed E-state index contributed by atoms with van der Waals surface area (Å²) >= 11 is 0. The number of hydrogen-bond donors (Lipinski definition) is 2. The van der Waals surface area contributed by atoms with Crippen LogP contribution >= 0.6 is 0 Å². The van der Waals surface area contributed by atoms with E-state index in [9.17, 15) is 4.79 Å². The third-order valence-electron chi connectivity index (χ3n) is 2.71. The lowest BCUT2D eigenvalue weighted by Gasteiger charge is -2.05. The predicted molar refractivity (Wildman–Crippen MR) is 68.4 cm³/mol. The fraction of sp³-hybridized carbons (Fsp3) is 0.308. The van der Waals surface area contributed by atoms with Crippen LogP contribution in [-0.2, 0) is 11.3 Å². The summed E-state index contributed by atoms with van der Waals surface area (Å²) < 4.78 is 5.06. The van der Waals surface area contributed by atoms with Crippen LogP contribution < -0.4 is 5.32 Å². The second-order valence-corrected chi connectivity index (χ2v) is 4.32. The van der Waals surface area contributed by atoms with Crippen LogP contribution in [0.25, 0.3) is 11.4 Å². The van der Waals surface area contributed by atoms with Gasteiger partial charge >= 0.3 is 5.97 Å². The van der Waals surface area contributed by atoms with Crippen LogP contribution in [0.1, 0.15) is 18.4 Å². The molecule has 2 aromatic rings. The van der Waals surface area contributed by atoms with Crippen LogP contribution in [0, 0.1) is 6.92 Å². The molecular formula is C13H15N3O3. The lowest BCUT2D eigenvalue weighted by Crippen LogP contribution is -2.33. The molecule has 2 N–H and O–H groups in total. The number of aryl methyl sites for hydroxylation is 1. The zero-order valence-corrected chi connectivity index (χ0v) is 10.8. The van der Waals surface area contributed by atoms with Crippen LogP contribution in [0.2, 0.25) is 0 Å². The molecule has 0 saturated heterocycles. The summed E-state index contributed by atoms with van der Waals surface area (Å²) in [5.41, 5.74) is 2.02. The minimum Gasteiger partial charge on any atom is -0.480 e. The molecule has 0 spiro atoms. The lowest BCUT2D eigenvalue weighted by molar-refractivity contribution is -0.139. The van der Waals surface area contributed by atoms with Gasteiger partial charge in [0.2, 0.25) is 11.7 Å². The molecule has 0 bridgehead atoms. The van der Waals surface area contributed by atoms with E-state index in [0.717, 1.165) is 11.1 Å². The van der Waals surface area contributed by atoms with E-state index in [1.807, 2.05) is 31.2 Å². The smallest absolute Gasteiger partial charge is 0.320 e. The van der Waals surface area contributed by atoms with E-state index in [-0.39, 0.29) is 6.54 Å². The average molecular weight is 261 g/mol. The molecule has 0 aliphatic carbocycles. The van der Waals surface area contributed by atoms with E-state index < -0.39 is 12.0 Å². The van der Waals surface area contributed by atoms with Crippen LogP contribution in [0.15, 0.2) is 28.8 Å². The highest BCUT2D eigenvalue weighted by molar-refractivity contribution is 5.72. The van der Waals surface area contributed by atoms with Crippen LogP contribution in [0.3, 0.4) is 0 Å². The van der Waals surface area contributed by atoms with E-state index in [2.05, 4.69) is 15.5 Å². The van der Waals surface area contributed by atoms with Crippen molar-refractivity contribution in [3.63, 3.8) is 0 Å².